The van der Waals surface area contributed by atoms with Crippen molar-refractivity contribution in [2.75, 3.05) is 12.3 Å². The van der Waals surface area contributed by atoms with E-state index in [1.54, 1.807) is 6.92 Å². The van der Waals surface area contributed by atoms with Crippen LogP contribution in [0.25, 0.3) is 11.2 Å². The third kappa shape index (κ3) is 1.89. The average Bonchev–Trinajstić information content (AvgIpc) is 3.00. The van der Waals surface area contributed by atoms with E-state index >= 15 is 0 Å². The largest absolute Gasteiger partial charge is 0.393 e. The first-order chi connectivity index (χ1) is 10.4. The molecule has 0 bridgehead atoms. The summed E-state index contributed by atoms with van der Waals surface area (Å²) in [5.74, 6) is 1.65. The highest BCUT2D eigenvalue weighted by molar-refractivity contribution is 5.70. The zero-order valence-electron chi connectivity index (χ0n) is 11.7. The first-order valence-electron chi connectivity index (χ1n) is 6.56. The Balaban J connectivity index is 2.16. The number of aliphatic hydroxyl groups excluding tert-OH is 2. The fourth-order valence-corrected chi connectivity index (χ4v) is 2.62. The summed E-state index contributed by atoms with van der Waals surface area (Å²) in [5.41, 5.74) is 4.12. The molecule has 22 heavy (non-hydrogen) atoms. The molecule has 0 saturated carbocycles. The van der Waals surface area contributed by atoms with Crippen LogP contribution < -0.4 is 11.3 Å². The predicted molar refractivity (Wildman–Crippen MR) is 76.5 cm³/mol. The van der Waals surface area contributed by atoms with Crippen LogP contribution in [-0.2, 0) is 4.74 Å². The van der Waals surface area contributed by atoms with Gasteiger partial charge >= 0.3 is 0 Å². The van der Waals surface area contributed by atoms with Crippen LogP contribution in [0.15, 0.2) is 11.1 Å². The number of rotatable bonds is 2. The van der Waals surface area contributed by atoms with Gasteiger partial charge in [-0.3, -0.25) is 14.3 Å². The second-order valence-electron chi connectivity index (χ2n) is 5.39. The fraction of sp³-hybridized carbons (Fsp3) is 0.462. The Hall–Kier alpha value is -2.41. The van der Waals surface area contributed by atoms with Crippen molar-refractivity contribution in [2.24, 2.45) is 5.92 Å². The Morgan fingerprint density at radius 2 is 2.41 bits per heavy atom. The van der Waals surface area contributed by atoms with Crippen LogP contribution in [-0.4, -0.2) is 48.0 Å². The number of aliphatic hydroxyl groups is 2. The molecule has 1 saturated heterocycles. The summed E-state index contributed by atoms with van der Waals surface area (Å²) in [7, 11) is 0. The number of nitrogens with zero attached hydrogens (tertiary/aromatic N) is 3. The molecule has 116 valence electrons. The van der Waals surface area contributed by atoms with Crippen LogP contribution in [0.1, 0.15) is 13.2 Å². The highest BCUT2D eigenvalue weighted by Crippen LogP contribution is 2.41. The van der Waals surface area contributed by atoms with Crippen LogP contribution in [0, 0.1) is 18.3 Å². The van der Waals surface area contributed by atoms with Gasteiger partial charge < -0.3 is 20.7 Å². The number of aromatic nitrogens is 4. The molecule has 0 amide bonds. The minimum Gasteiger partial charge on any atom is -0.393 e. The van der Waals surface area contributed by atoms with Crippen molar-refractivity contribution < 1.29 is 14.9 Å². The summed E-state index contributed by atoms with van der Waals surface area (Å²) in [6, 6.07) is 0. The summed E-state index contributed by atoms with van der Waals surface area (Å²) >= 11 is 0. The lowest BCUT2D eigenvalue weighted by molar-refractivity contribution is -0.115. The minimum absolute atomic E-state index is 0.0695. The lowest BCUT2D eigenvalue weighted by Crippen LogP contribution is -2.41. The van der Waals surface area contributed by atoms with Crippen LogP contribution in [0.4, 0.5) is 5.95 Å². The first-order valence-corrected chi connectivity index (χ1v) is 6.56. The van der Waals surface area contributed by atoms with Crippen molar-refractivity contribution in [2.45, 2.75) is 24.9 Å². The van der Waals surface area contributed by atoms with Gasteiger partial charge in [0.25, 0.3) is 5.56 Å². The molecule has 9 heteroatoms. The molecule has 1 aliphatic heterocycles. The molecule has 2 aromatic heterocycles. The number of hydrogen-bond acceptors (Lipinski definition) is 7. The van der Waals surface area contributed by atoms with E-state index in [0.29, 0.717) is 0 Å². The Bertz CT molecular complexity index is 822. The smallest absolute Gasteiger partial charge is 0.280 e. The number of terminal acetylenes is 1. The van der Waals surface area contributed by atoms with Gasteiger partial charge in [-0.25, -0.2) is 4.98 Å². The van der Waals surface area contributed by atoms with Gasteiger partial charge in [0.05, 0.1) is 18.9 Å². The minimum atomic E-state index is -1.22. The number of nitrogen functional groups attached to an aromatic ring is 1. The number of H-pyrrole nitrogens is 1. The number of hydrogen-bond donors (Lipinski definition) is 4. The maximum absolute atomic E-state index is 11.8. The van der Waals surface area contributed by atoms with Gasteiger partial charge in [0.2, 0.25) is 5.95 Å². The number of aromatic amines is 1. The van der Waals surface area contributed by atoms with Gasteiger partial charge in [0.15, 0.2) is 17.4 Å². The van der Waals surface area contributed by atoms with Crippen LogP contribution in [0.3, 0.4) is 0 Å². The average molecular weight is 305 g/mol. The van der Waals surface area contributed by atoms with Gasteiger partial charge in [-0.2, -0.15) is 4.98 Å². The lowest BCUT2D eigenvalue weighted by atomic mass is 9.92. The van der Waals surface area contributed by atoms with Crippen molar-refractivity contribution in [3.8, 4) is 12.3 Å². The van der Waals surface area contributed by atoms with Gasteiger partial charge in [-0.05, 0) is 6.92 Å². The molecule has 9 nitrogen and oxygen atoms in total. The van der Waals surface area contributed by atoms with Crippen molar-refractivity contribution in [1.82, 2.24) is 19.5 Å². The number of nitrogens with one attached hydrogen (secondary N) is 1. The number of imidazole rings is 1. The molecule has 1 fully saturated rings. The maximum Gasteiger partial charge on any atom is 0.280 e. The molecule has 0 aliphatic carbocycles. The van der Waals surface area contributed by atoms with Gasteiger partial charge in [-0.1, -0.05) is 5.92 Å². The summed E-state index contributed by atoms with van der Waals surface area (Å²) in [6.07, 6.45) is 4.92. The number of ether oxygens (including phenoxy) is 1. The van der Waals surface area contributed by atoms with Gasteiger partial charge in [0.1, 0.15) is 11.7 Å². The van der Waals surface area contributed by atoms with Crippen LogP contribution in [0.2, 0.25) is 0 Å². The Morgan fingerprint density at radius 1 is 1.68 bits per heavy atom. The van der Waals surface area contributed by atoms with Crippen LogP contribution in [0.5, 0.6) is 0 Å². The predicted octanol–water partition coefficient (Wildman–Crippen LogP) is -1.41. The highest BCUT2D eigenvalue weighted by Gasteiger charge is 2.52. The molecular formula is C13H15N5O4. The van der Waals surface area contributed by atoms with E-state index in [4.69, 9.17) is 16.9 Å². The van der Waals surface area contributed by atoms with Crippen molar-refractivity contribution >= 4 is 17.1 Å². The Labute approximate surface area is 124 Å². The topological polar surface area (TPSA) is 139 Å². The first kappa shape index (κ1) is 14.5. The molecule has 2 aromatic rings. The monoisotopic (exact) mass is 305 g/mol. The third-order valence-electron chi connectivity index (χ3n) is 3.89. The van der Waals surface area contributed by atoms with E-state index < -0.39 is 36.0 Å². The molecule has 0 radical (unpaired) electrons. The molecule has 4 atom stereocenters. The van der Waals surface area contributed by atoms with E-state index in [1.807, 2.05) is 0 Å². The SMILES string of the molecule is C#C[C@@H]1[C@H](n2cnc3c(=O)[nH]c(N)nc32)O[C@](C)(CO)[C@H]1O. The van der Waals surface area contributed by atoms with Gasteiger partial charge in [-0.15, -0.1) is 6.42 Å². The van der Waals surface area contributed by atoms with Crippen LogP contribution >= 0.6 is 0 Å². The standard InChI is InChI=1S/C13H15N5O4/c1-3-6-8(20)13(2,4-19)22-11(6)18-5-15-7-9(18)16-12(14)17-10(7)21/h1,5-6,8,11,19-20H,4H2,2H3,(H3,14,16,17,21)/t6-,8-,11+,13+/m0/s1. The van der Waals surface area contributed by atoms with E-state index in [1.165, 1.54) is 10.9 Å². The summed E-state index contributed by atoms with van der Waals surface area (Å²) < 4.78 is 7.17. The Kier molecular flexibility index (Phi) is 3.17. The van der Waals surface area contributed by atoms with Crippen molar-refractivity contribution in [3.63, 3.8) is 0 Å². The summed E-state index contributed by atoms with van der Waals surface area (Å²) in [4.78, 5) is 22.2. The normalized spacial score (nSPS) is 31.5. The zero-order chi connectivity index (χ0) is 16.1. The van der Waals surface area contributed by atoms with E-state index in [9.17, 15) is 15.0 Å². The quantitative estimate of drug-likeness (QED) is 0.500. The molecule has 5 N–H and O–H groups in total. The lowest BCUT2D eigenvalue weighted by Gasteiger charge is -2.24. The molecule has 3 heterocycles. The van der Waals surface area contributed by atoms with E-state index in [0.717, 1.165) is 0 Å². The van der Waals surface area contributed by atoms with E-state index in [-0.39, 0.29) is 17.1 Å². The third-order valence-corrected chi connectivity index (χ3v) is 3.89. The fourth-order valence-electron chi connectivity index (χ4n) is 2.62. The molecule has 0 aromatic carbocycles. The zero-order valence-corrected chi connectivity index (χ0v) is 11.7. The van der Waals surface area contributed by atoms with Crippen molar-refractivity contribution in [3.05, 3.63) is 16.7 Å². The second-order valence-corrected chi connectivity index (χ2v) is 5.39. The van der Waals surface area contributed by atoms with Crippen molar-refractivity contribution in [1.29, 1.82) is 0 Å². The second kappa shape index (κ2) is 4.81. The summed E-state index contributed by atoms with van der Waals surface area (Å²) in [6.45, 7) is 1.14. The molecular weight excluding hydrogens is 290 g/mol. The van der Waals surface area contributed by atoms with Gasteiger partial charge in [0, 0.05) is 0 Å². The maximum atomic E-state index is 11.8. The Morgan fingerprint density at radius 3 is 3.05 bits per heavy atom. The number of fused-ring (bicyclic) bond motifs is 1. The number of nitrogens with two attached hydrogens (primary N) is 1. The van der Waals surface area contributed by atoms with E-state index in [2.05, 4.69) is 20.9 Å². The highest BCUT2D eigenvalue weighted by atomic mass is 16.6. The molecule has 0 unspecified atom stereocenters. The molecule has 3 rings (SSSR count). The molecule has 1 aliphatic rings. The molecule has 0 spiro atoms. The summed E-state index contributed by atoms with van der Waals surface area (Å²) in [5, 5.41) is 19.7. The number of anilines is 1.